The normalized spacial score (nSPS) is 14.6. The predicted molar refractivity (Wildman–Crippen MR) is 88.9 cm³/mol. The summed E-state index contributed by atoms with van der Waals surface area (Å²) in [5.41, 5.74) is 1.08. The third kappa shape index (κ3) is 7.36. The van der Waals surface area contributed by atoms with Gasteiger partial charge in [-0.3, -0.25) is 0 Å². The van der Waals surface area contributed by atoms with E-state index in [-0.39, 0.29) is 6.04 Å². The van der Waals surface area contributed by atoms with E-state index in [0.717, 1.165) is 23.7 Å². The number of aliphatic hydroxyl groups is 1. The fourth-order valence-electron chi connectivity index (χ4n) is 2.23. The molecule has 0 aliphatic carbocycles. The van der Waals surface area contributed by atoms with Crippen LogP contribution >= 0.6 is 11.3 Å². The van der Waals surface area contributed by atoms with E-state index in [9.17, 15) is 5.11 Å². The highest BCUT2D eigenvalue weighted by Crippen LogP contribution is 2.24. The number of aliphatic hydroxyl groups excluding tert-OH is 1. The van der Waals surface area contributed by atoms with Crippen LogP contribution in [0.25, 0.3) is 0 Å². The molecule has 1 aromatic rings. The maximum absolute atomic E-state index is 9.93. The largest absolute Gasteiger partial charge is 0.389 e. The van der Waals surface area contributed by atoms with Gasteiger partial charge < -0.3 is 15.2 Å². The standard InChI is InChI=1S/C16H30N2O2S/c1-11(2)7-6-8-20-10-15(19)9-17-12(3)16-13(4)18-14(5)21-16/h11-12,15,17,19H,6-10H2,1-5H3. The van der Waals surface area contributed by atoms with E-state index in [1.807, 2.05) is 13.8 Å². The lowest BCUT2D eigenvalue weighted by molar-refractivity contribution is 0.0337. The van der Waals surface area contributed by atoms with Crippen LogP contribution in [0.15, 0.2) is 0 Å². The van der Waals surface area contributed by atoms with Gasteiger partial charge in [0.15, 0.2) is 0 Å². The molecule has 0 amide bonds. The van der Waals surface area contributed by atoms with Gasteiger partial charge in [0, 0.05) is 24.1 Å². The Bertz CT molecular complexity index is 407. The van der Waals surface area contributed by atoms with Crippen LogP contribution < -0.4 is 5.32 Å². The van der Waals surface area contributed by atoms with Crippen molar-refractivity contribution in [3.8, 4) is 0 Å². The third-order valence-electron chi connectivity index (χ3n) is 3.37. The number of nitrogens with zero attached hydrogens (tertiary/aromatic N) is 1. The summed E-state index contributed by atoms with van der Waals surface area (Å²) in [6.07, 6.45) is 1.78. The number of rotatable bonds is 10. The Labute approximate surface area is 132 Å². The molecular formula is C16H30N2O2S. The van der Waals surface area contributed by atoms with E-state index in [2.05, 4.69) is 31.1 Å². The Morgan fingerprint density at radius 3 is 2.57 bits per heavy atom. The van der Waals surface area contributed by atoms with E-state index in [1.54, 1.807) is 11.3 Å². The molecule has 122 valence electrons. The van der Waals surface area contributed by atoms with Crippen molar-refractivity contribution >= 4 is 11.3 Å². The van der Waals surface area contributed by atoms with E-state index in [0.29, 0.717) is 19.1 Å². The van der Waals surface area contributed by atoms with Crippen molar-refractivity contribution in [3.63, 3.8) is 0 Å². The fraction of sp³-hybridized carbons (Fsp3) is 0.812. The number of hydrogen-bond donors (Lipinski definition) is 2. The first-order valence-corrected chi connectivity index (χ1v) is 8.65. The van der Waals surface area contributed by atoms with Crippen molar-refractivity contribution in [2.45, 2.75) is 59.6 Å². The summed E-state index contributed by atoms with van der Waals surface area (Å²) in [7, 11) is 0. The lowest BCUT2D eigenvalue weighted by Crippen LogP contribution is -2.32. The van der Waals surface area contributed by atoms with Crippen LogP contribution in [0.1, 0.15) is 55.2 Å². The van der Waals surface area contributed by atoms with Gasteiger partial charge >= 0.3 is 0 Å². The summed E-state index contributed by atoms with van der Waals surface area (Å²) < 4.78 is 5.51. The molecule has 5 heteroatoms. The second kappa shape index (κ2) is 9.51. The highest BCUT2D eigenvalue weighted by atomic mass is 32.1. The number of ether oxygens (including phenoxy) is 1. The average Bonchev–Trinajstić information content (AvgIpc) is 2.74. The summed E-state index contributed by atoms with van der Waals surface area (Å²) in [5, 5.41) is 14.4. The minimum atomic E-state index is -0.458. The molecule has 1 rings (SSSR count). The Balaban J connectivity index is 2.17. The molecule has 2 N–H and O–H groups in total. The van der Waals surface area contributed by atoms with E-state index in [1.165, 1.54) is 11.3 Å². The molecule has 0 bridgehead atoms. The number of aromatic nitrogens is 1. The first kappa shape index (κ1) is 18.6. The molecule has 2 unspecified atom stereocenters. The molecule has 0 aliphatic rings. The molecule has 0 fully saturated rings. The van der Waals surface area contributed by atoms with Crippen molar-refractivity contribution in [3.05, 3.63) is 15.6 Å². The summed E-state index contributed by atoms with van der Waals surface area (Å²) >= 11 is 1.71. The van der Waals surface area contributed by atoms with E-state index >= 15 is 0 Å². The Kier molecular flexibility index (Phi) is 8.41. The molecular weight excluding hydrogens is 284 g/mol. The summed E-state index contributed by atoms with van der Waals surface area (Å²) in [6.45, 7) is 12.3. The first-order valence-electron chi connectivity index (χ1n) is 7.83. The second-order valence-corrected chi connectivity index (χ2v) is 7.31. The molecule has 1 aromatic heterocycles. The van der Waals surface area contributed by atoms with Gasteiger partial charge in [0.1, 0.15) is 0 Å². The zero-order chi connectivity index (χ0) is 15.8. The van der Waals surface area contributed by atoms with Crippen molar-refractivity contribution in [1.29, 1.82) is 0 Å². The molecule has 0 saturated carbocycles. The van der Waals surface area contributed by atoms with Crippen LogP contribution in [0.2, 0.25) is 0 Å². The summed E-state index contributed by atoms with van der Waals surface area (Å²) in [5.74, 6) is 0.715. The first-order chi connectivity index (χ1) is 9.90. The number of aryl methyl sites for hydroxylation is 2. The van der Waals surface area contributed by atoms with Gasteiger partial charge in [0.25, 0.3) is 0 Å². The molecule has 0 saturated heterocycles. The lowest BCUT2D eigenvalue weighted by atomic mass is 10.1. The summed E-state index contributed by atoms with van der Waals surface area (Å²) in [4.78, 5) is 5.68. The Morgan fingerprint density at radius 1 is 1.29 bits per heavy atom. The van der Waals surface area contributed by atoms with Gasteiger partial charge in [-0.05, 0) is 39.5 Å². The van der Waals surface area contributed by atoms with Crippen molar-refractivity contribution in [1.82, 2.24) is 10.3 Å². The van der Waals surface area contributed by atoms with Crippen LogP contribution in [-0.2, 0) is 4.74 Å². The van der Waals surface area contributed by atoms with E-state index in [4.69, 9.17) is 4.74 Å². The maximum atomic E-state index is 9.93. The third-order valence-corrected chi connectivity index (χ3v) is 4.63. The Morgan fingerprint density at radius 2 is 2.00 bits per heavy atom. The van der Waals surface area contributed by atoms with Crippen molar-refractivity contribution in [2.24, 2.45) is 5.92 Å². The zero-order valence-corrected chi connectivity index (χ0v) is 14.8. The number of hydrogen-bond acceptors (Lipinski definition) is 5. The predicted octanol–water partition coefficient (Wildman–Crippen LogP) is 3.22. The highest BCUT2D eigenvalue weighted by molar-refractivity contribution is 7.11. The van der Waals surface area contributed by atoms with Crippen LogP contribution in [0.4, 0.5) is 0 Å². The molecule has 0 spiro atoms. The van der Waals surface area contributed by atoms with E-state index < -0.39 is 6.10 Å². The Hall–Kier alpha value is -0.490. The van der Waals surface area contributed by atoms with Gasteiger partial charge in [-0.2, -0.15) is 0 Å². The summed E-state index contributed by atoms with van der Waals surface area (Å²) in [6, 6.07) is 0.215. The molecule has 21 heavy (non-hydrogen) atoms. The van der Waals surface area contributed by atoms with Crippen molar-refractivity contribution in [2.75, 3.05) is 19.8 Å². The topological polar surface area (TPSA) is 54.4 Å². The smallest absolute Gasteiger partial charge is 0.0900 e. The van der Waals surface area contributed by atoms with Gasteiger partial charge in [0.2, 0.25) is 0 Å². The highest BCUT2D eigenvalue weighted by Gasteiger charge is 2.14. The number of nitrogens with one attached hydrogen (secondary N) is 1. The minimum Gasteiger partial charge on any atom is -0.389 e. The lowest BCUT2D eigenvalue weighted by Gasteiger charge is -2.17. The SMILES string of the molecule is Cc1nc(C)c(C(C)NCC(O)COCCCC(C)C)s1. The van der Waals surface area contributed by atoms with Crippen LogP contribution in [0.3, 0.4) is 0 Å². The molecule has 4 nitrogen and oxygen atoms in total. The van der Waals surface area contributed by atoms with Crippen LogP contribution in [-0.4, -0.2) is 36.0 Å². The van der Waals surface area contributed by atoms with Crippen LogP contribution in [0.5, 0.6) is 0 Å². The molecule has 2 atom stereocenters. The second-order valence-electron chi connectivity index (χ2n) is 6.08. The molecule has 0 aromatic carbocycles. The molecule has 1 heterocycles. The van der Waals surface area contributed by atoms with Crippen molar-refractivity contribution < 1.29 is 9.84 Å². The van der Waals surface area contributed by atoms with Gasteiger partial charge in [0.05, 0.1) is 23.4 Å². The zero-order valence-electron chi connectivity index (χ0n) is 14.0. The fourth-order valence-corrected chi connectivity index (χ4v) is 3.18. The van der Waals surface area contributed by atoms with Gasteiger partial charge in [-0.15, -0.1) is 11.3 Å². The quantitative estimate of drug-likeness (QED) is 0.651. The van der Waals surface area contributed by atoms with Gasteiger partial charge in [-0.25, -0.2) is 4.98 Å². The van der Waals surface area contributed by atoms with Gasteiger partial charge in [-0.1, -0.05) is 13.8 Å². The average molecular weight is 314 g/mol. The number of thiazole rings is 1. The minimum absolute atomic E-state index is 0.215. The maximum Gasteiger partial charge on any atom is 0.0900 e. The van der Waals surface area contributed by atoms with Crippen LogP contribution in [0, 0.1) is 19.8 Å². The molecule has 0 aliphatic heterocycles. The molecule has 0 radical (unpaired) electrons. The monoisotopic (exact) mass is 314 g/mol.